The van der Waals surface area contributed by atoms with E-state index in [0.29, 0.717) is 48.4 Å². The van der Waals surface area contributed by atoms with Crippen molar-refractivity contribution in [3.63, 3.8) is 0 Å². The van der Waals surface area contributed by atoms with Crippen LogP contribution in [0.15, 0.2) is 53.1 Å². The van der Waals surface area contributed by atoms with E-state index in [4.69, 9.17) is 14.0 Å². The maximum Gasteiger partial charge on any atom is 0.246 e. The van der Waals surface area contributed by atoms with Crippen LogP contribution >= 0.6 is 0 Å². The number of likely N-dealkylation sites (tertiary alicyclic amines) is 1. The van der Waals surface area contributed by atoms with E-state index in [-0.39, 0.29) is 17.7 Å². The maximum atomic E-state index is 12.9. The highest BCUT2D eigenvalue weighted by Crippen LogP contribution is 2.30. The lowest BCUT2D eigenvalue weighted by atomic mass is 9.98. The Morgan fingerprint density at radius 1 is 1.17 bits per heavy atom. The maximum absolute atomic E-state index is 12.9. The Morgan fingerprint density at radius 2 is 2.00 bits per heavy atom. The van der Waals surface area contributed by atoms with Gasteiger partial charge in [0.2, 0.25) is 23.5 Å². The second kappa shape index (κ2) is 11.5. The Hall–Kier alpha value is -4.14. The van der Waals surface area contributed by atoms with Crippen molar-refractivity contribution < 1.29 is 23.6 Å². The standard InChI is InChI=1S/C27H30N4O5/c1-4-24(32)28-21-9-5-7-19(16-21)26-29-27(36-30-26)20-8-6-14-31(17-20)25(33)13-11-18-10-12-22(34-2)23(15-18)35-3/h5,7,9-13,15-16,20H,4,6,8,14,17H2,1-3H3,(H,28,32)/b13-11+. The fourth-order valence-corrected chi connectivity index (χ4v) is 4.11. The largest absolute Gasteiger partial charge is 0.493 e. The second-order valence-electron chi connectivity index (χ2n) is 8.51. The molecule has 2 amide bonds. The molecule has 2 aromatic carbocycles. The fraction of sp³-hybridized carbons (Fsp3) is 0.333. The Morgan fingerprint density at radius 3 is 2.78 bits per heavy atom. The molecule has 2 heterocycles. The molecule has 3 aromatic rings. The van der Waals surface area contributed by atoms with Gasteiger partial charge >= 0.3 is 0 Å². The molecule has 9 heteroatoms. The van der Waals surface area contributed by atoms with Crippen LogP contribution in [0.3, 0.4) is 0 Å². The van der Waals surface area contributed by atoms with Gasteiger partial charge in [-0.15, -0.1) is 0 Å². The summed E-state index contributed by atoms with van der Waals surface area (Å²) in [7, 11) is 3.16. The molecule has 0 spiro atoms. The third kappa shape index (κ3) is 5.91. The summed E-state index contributed by atoms with van der Waals surface area (Å²) in [6.45, 7) is 2.98. The minimum Gasteiger partial charge on any atom is -0.493 e. The average Bonchev–Trinajstić information content (AvgIpc) is 3.42. The molecule has 1 aliphatic rings. The Labute approximate surface area is 210 Å². The Bertz CT molecular complexity index is 1250. The van der Waals surface area contributed by atoms with Crippen LogP contribution in [0.2, 0.25) is 0 Å². The average molecular weight is 491 g/mol. The molecule has 1 aliphatic heterocycles. The number of piperidine rings is 1. The van der Waals surface area contributed by atoms with E-state index < -0.39 is 0 Å². The van der Waals surface area contributed by atoms with Crippen molar-refractivity contribution in [2.24, 2.45) is 0 Å². The van der Waals surface area contributed by atoms with Gasteiger partial charge in [0, 0.05) is 36.8 Å². The molecule has 0 radical (unpaired) electrons. The number of methoxy groups -OCH3 is 2. The molecular formula is C27H30N4O5. The van der Waals surface area contributed by atoms with Crippen molar-refractivity contribution in [3.8, 4) is 22.9 Å². The minimum atomic E-state index is -0.0754. The predicted octanol–water partition coefficient (Wildman–Crippen LogP) is 4.52. The number of aromatic nitrogens is 2. The predicted molar refractivity (Wildman–Crippen MR) is 136 cm³/mol. The van der Waals surface area contributed by atoms with Gasteiger partial charge in [-0.25, -0.2) is 0 Å². The first-order valence-electron chi connectivity index (χ1n) is 11.9. The van der Waals surface area contributed by atoms with Crippen molar-refractivity contribution >= 4 is 23.6 Å². The van der Waals surface area contributed by atoms with E-state index in [0.717, 1.165) is 24.0 Å². The van der Waals surface area contributed by atoms with Crippen LogP contribution in [-0.2, 0) is 9.59 Å². The molecule has 4 rings (SSSR count). The molecular weight excluding hydrogens is 460 g/mol. The third-order valence-electron chi connectivity index (χ3n) is 6.08. The summed E-state index contributed by atoms with van der Waals surface area (Å²) in [5.74, 6) is 2.03. The lowest BCUT2D eigenvalue weighted by Crippen LogP contribution is -2.38. The molecule has 1 aromatic heterocycles. The number of carbonyl (C=O) groups excluding carboxylic acids is 2. The van der Waals surface area contributed by atoms with Crippen molar-refractivity contribution in [1.82, 2.24) is 15.0 Å². The first-order valence-corrected chi connectivity index (χ1v) is 11.9. The Balaban J connectivity index is 1.42. The van der Waals surface area contributed by atoms with Gasteiger partial charge in [0.15, 0.2) is 11.5 Å². The zero-order valence-electron chi connectivity index (χ0n) is 20.7. The smallest absolute Gasteiger partial charge is 0.246 e. The van der Waals surface area contributed by atoms with Crippen LogP contribution in [0, 0.1) is 0 Å². The summed E-state index contributed by atoms with van der Waals surface area (Å²) in [4.78, 5) is 31.0. The molecule has 188 valence electrons. The highest BCUT2D eigenvalue weighted by atomic mass is 16.5. The van der Waals surface area contributed by atoms with Gasteiger partial charge in [0.1, 0.15) is 0 Å². The van der Waals surface area contributed by atoms with Gasteiger partial charge in [-0.1, -0.05) is 30.3 Å². The molecule has 1 atom stereocenters. The molecule has 9 nitrogen and oxygen atoms in total. The quantitative estimate of drug-likeness (QED) is 0.463. The van der Waals surface area contributed by atoms with Crippen LogP contribution in [-0.4, -0.2) is 54.2 Å². The number of nitrogens with one attached hydrogen (secondary N) is 1. The summed E-state index contributed by atoms with van der Waals surface area (Å²) in [6, 6.07) is 12.8. The van der Waals surface area contributed by atoms with Gasteiger partial charge in [0.25, 0.3) is 0 Å². The summed E-state index contributed by atoms with van der Waals surface area (Å²) in [6.07, 6.45) is 5.44. The van der Waals surface area contributed by atoms with Gasteiger partial charge < -0.3 is 24.2 Å². The number of amides is 2. The molecule has 1 N–H and O–H groups in total. The van der Waals surface area contributed by atoms with E-state index in [1.165, 1.54) is 0 Å². The third-order valence-corrected chi connectivity index (χ3v) is 6.08. The fourth-order valence-electron chi connectivity index (χ4n) is 4.11. The minimum absolute atomic E-state index is 0.0404. The lowest BCUT2D eigenvalue weighted by molar-refractivity contribution is -0.127. The Kier molecular flexibility index (Phi) is 7.99. The van der Waals surface area contributed by atoms with E-state index in [2.05, 4.69) is 15.5 Å². The number of anilines is 1. The molecule has 0 saturated carbocycles. The topological polar surface area (TPSA) is 107 Å². The number of nitrogens with zero attached hydrogens (tertiary/aromatic N) is 3. The van der Waals surface area contributed by atoms with Crippen LogP contribution in [0.1, 0.15) is 43.6 Å². The van der Waals surface area contributed by atoms with Gasteiger partial charge in [-0.2, -0.15) is 4.98 Å². The van der Waals surface area contributed by atoms with Crippen LogP contribution in [0.4, 0.5) is 5.69 Å². The SMILES string of the molecule is CCC(=O)Nc1cccc(-c2noc(C3CCCN(C(=O)/C=C/c4ccc(OC)c(OC)c4)C3)n2)c1. The van der Waals surface area contributed by atoms with Crippen molar-refractivity contribution in [2.75, 3.05) is 32.6 Å². The number of rotatable bonds is 8. The molecule has 1 saturated heterocycles. The van der Waals surface area contributed by atoms with E-state index in [1.54, 1.807) is 44.3 Å². The summed E-state index contributed by atoms with van der Waals surface area (Å²) < 4.78 is 16.2. The summed E-state index contributed by atoms with van der Waals surface area (Å²) >= 11 is 0. The van der Waals surface area contributed by atoms with Crippen molar-refractivity contribution in [1.29, 1.82) is 0 Å². The number of hydrogen-bond donors (Lipinski definition) is 1. The zero-order valence-corrected chi connectivity index (χ0v) is 20.7. The molecule has 0 bridgehead atoms. The lowest BCUT2D eigenvalue weighted by Gasteiger charge is -2.30. The van der Waals surface area contributed by atoms with E-state index in [1.807, 2.05) is 36.4 Å². The van der Waals surface area contributed by atoms with Gasteiger partial charge in [-0.3, -0.25) is 9.59 Å². The van der Waals surface area contributed by atoms with Gasteiger partial charge in [0.05, 0.1) is 20.1 Å². The highest BCUT2D eigenvalue weighted by Gasteiger charge is 2.28. The van der Waals surface area contributed by atoms with Crippen molar-refractivity contribution in [3.05, 3.63) is 60.0 Å². The first-order chi connectivity index (χ1) is 17.5. The molecule has 36 heavy (non-hydrogen) atoms. The van der Waals surface area contributed by atoms with E-state index >= 15 is 0 Å². The molecule has 1 unspecified atom stereocenters. The zero-order chi connectivity index (χ0) is 25.5. The highest BCUT2D eigenvalue weighted by molar-refractivity contribution is 5.92. The number of hydrogen-bond acceptors (Lipinski definition) is 7. The van der Waals surface area contributed by atoms with Crippen LogP contribution in [0.5, 0.6) is 11.5 Å². The first kappa shape index (κ1) is 25.0. The van der Waals surface area contributed by atoms with Crippen LogP contribution in [0.25, 0.3) is 17.5 Å². The molecule has 1 fully saturated rings. The monoisotopic (exact) mass is 490 g/mol. The molecule has 0 aliphatic carbocycles. The van der Waals surface area contributed by atoms with Crippen LogP contribution < -0.4 is 14.8 Å². The van der Waals surface area contributed by atoms with E-state index in [9.17, 15) is 9.59 Å². The summed E-state index contributed by atoms with van der Waals surface area (Å²) in [5, 5.41) is 6.98. The number of carbonyl (C=O) groups is 2. The number of benzene rings is 2. The normalized spacial score (nSPS) is 15.6. The summed E-state index contributed by atoms with van der Waals surface area (Å²) in [5.41, 5.74) is 2.27. The van der Waals surface area contributed by atoms with Crippen molar-refractivity contribution in [2.45, 2.75) is 32.1 Å². The number of ether oxygens (including phenoxy) is 2. The van der Waals surface area contributed by atoms with Gasteiger partial charge in [-0.05, 0) is 48.7 Å². The second-order valence-corrected chi connectivity index (χ2v) is 8.51.